The standard InChI is InChI=1S/C25H25N7O3/c26-9-7-18-13-20(17-5-6-21-22(12-17)35-15-34-21)32(30-18)23-8-10-27-25(29-23)28-19-2-1-11-31(14-19)24(33)16-3-4-16/h5-6,8,10,12-13,16,19H,1-4,7,11,14-15H2,(H,27,28,29)/t19-/m0/s1. The van der Waals surface area contributed by atoms with E-state index < -0.39 is 0 Å². The Morgan fingerprint density at radius 2 is 2.06 bits per heavy atom. The van der Waals surface area contributed by atoms with E-state index in [9.17, 15) is 10.1 Å². The third-order valence-corrected chi connectivity index (χ3v) is 6.54. The summed E-state index contributed by atoms with van der Waals surface area (Å²) in [6.45, 7) is 1.69. The number of nitrogens with zero attached hydrogens (tertiary/aromatic N) is 6. The number of aromatic nitrogens is 4. The minimum Gasteiger partial charge on any atom is -0.454 e. The maximum atomic E-state index is 12.5. The molecule has 3 aromatic rings. The van der Waals surface area contributed by atoms with Gasteiger partial charge >= 0.3 is 0 Å². The van der Waals surface area contributed by atoms with Crippen LogP contribution in [0.1, 0.15) is 31.4 Å². The van der Waals surface area contributed by atoms with Crippen LogP contribution in [0.4, 0.5) is 5.95 Å². The fourth-order valence-corrected chi connectivity index (χ4v) is 4.64. The number of anilines is 1. The van der Waals surface area contributed by atoms with Crippen LogP contribution in [0.25, 0.3) is 17.1 Å². The topological polar surface area (TPSA) is 118 Å². The first-order chi connectivity index (χ1) is 17.2. The second-order valence-electron chi connectivity index (χ2n) is 9.12. The smallest absolute Gasteiger partial charge is 0.231 e. The quantitative estimate of drug-likeness (QED) is 0.583. The molecule has 10 heteroatoms. The van der Waals surface area contributed by atoms with E-state index in [-0.39, 0.29) is 31.1 Å². The van der Waals surface area contributed by atoms with Crippen LogP contribution in [-0.2, 0) is 11.2 Å². The van der Waals surface area contributed by atoms with E-state index in [1.807, 2.05) is 29.2 Å². The molecule has 1 atom stereocenters. The van der Waals surface area contributed by atoms with E-state index in [2.05, 4.69) is 21.5 Å². The van der Waals surface area contributed by atoms with Gasteiger partial charge in [0.05, 0.1) is 23.9 Å². The number of likely N-dealkylation sites (tertiary alicyclic amines) is 1. The van der Waals surface area contributed by atoms with Crippen LogP contribution in [0, 0.1) is 17.2 Å². The number of fused-ring (bicyclic) bond motifs is 1. The maximum Gasteiger partial charge on any atom is 0.231 e. The molecule has 4 heterocycles. The summed E-state index contributed by atoms with van der Waals surface area (Å²) in [4.78, 5) is 23.6. The molecule has 1 amide bonds. The Morgan fingerprint density at radius 1 is 1.17 bits per heavy atom. The highest BCUT2D eigenvalue weighted by molar-refractivity contribution is 5.81. The first-order valence-corrected chi connectivity index (χ1v) is 11.9. The zero-order valence-corrected chi connectivity index (χ0v) is 19.2. The molecule has 35 heavy (non-hydrogen) atoms. The van der Waals surface area contributed by atoms with Gasteiger partial charge in [0.15, 0.2) is 17.3 Å². The van der Waals surface area contributed by atoms with Crippen molar-refractivity contribution < 1.29 is 14.3 Å². The molecule has 0 radical (unpaired) electrons. The SMILES string of the molecule is N#CCc1cc(-c2ccc3c(c2)OCO3)n(-c2ccnc(N[C@H]3CCCN(C(=O)C4CC4)C3)n2)n1. The van der Waals surface area contributed by atoms with Crippen LogP contribution in [0.15, 0.2) is 36.5 Å². The molecule has 1 aromatic carbocycles. The van der Waals surface area contributed by atoms with Crippen molar-refractivity contribution in [2.24, 2.45) is 5.92 Å². The average Bonchev–Trinajstić information content (AvgIpc) is 3.47. The Bertz CT molecular complexity index is 1310. The first-order valence-electron chi connectivity index (χ1n) is 11.9. The van der Waals surface area contributed by atoms with Crippen LogP contribution in [0.2, 0.25) is 0 Å². The van der Waals surface area contributed by atoms with E-state index in [1.165, 1.54) is 0 Å². The molecule has 0 spiro atoms. The lowest BCUT2D eigenvalue weighted by Gasteiger charge is -2.33. The largest absolute Gasteiger partial charge is 0.454 e. The maximum absolute atomic E-state index is 12.5. The Kier molecular flexibility index (Phi) is 5.45. The molecule has 2 aliphatic heterocycles. The summed E-state index contributed by atoms with van der Waals surface area (Å²) in [5.74, 6) is 2.95. The molecule has 1 saturated heterocycles. The monoisotopic (exact) mass is 471 g/mol. The minimum absolute atomic E-state index is 0.0989. The molecule has 1 aliphatic carbocycles. The molecular weight excluding hydrogens is 446 g/mol. The summed E-state index contributed by atoms with van der Waals surface area (Å²) in [6.07, 6.45) is 5.83. The van der Waals surface area contributed by atoms with E-state index in [1.54, 1.807) is 16.9 Å². The molecule has 10 nitrogen and oxygen atoms in total. The van der Waals surface area contributed by atoms with Gasteiger partial charge in [-0.05, 0) is 49.9 Å². The zero-order valence-electron chi connectivity index (χ0n) is 19.2. The van der Waals surface area contributed by atoms with Crippen molar-refractivity contribution in [2.75, 3.05) is 25.2 Å². The predicted octanol–water partition coefficient (Wildman–Crippen LogP) is 2.94. The van der Waals surface area contributed by atoms with Crippen LogP contribution in [0.3, 0.4) is 0 Å². The second-order valence-corrected chi connectivity index (χ2v) is 9.12. The van der Waals surface area contributed by atoms with Crippen molar-refractivity contribution in [3.05, 3.63) is 42.2 Å². The third-order valence-electron chi connectivity index (χ3n) is 6.54. The Morgan fingerprint density at radius 3 is 2.91 bits per heavy atom. The highest BCUT2D eigenvalue weighted by atomic mass is 16.7. The van der Waals surface area contributed by atoms with E-state index >= 15 is 0 Å². The number of hydrogen-bond donors (Lipinski definition) is 1. The van der Waals surface area contributed by atoms with Gasteiger partial charge in [-0.2, -0.15) is 15.3 Å². The summed E-state index contributed by atoms with van der Waals surface area (Å²) in [7, 11) is 0. The lowest BCUT2D eigenvalue weighted by Crippen LogP contribution is -2.45. The van der Waals surface area contributed by atoms with Gasteiger partial charge in [-0.1, -0.05) is 0 Å². The van der Waals surface area contributed by atoms with Crippen LogP contribution >= 0.6 is 0 Å². The fourth-order valence-electron chi connectivity index (χ4n) is 4.64. The Hall–Kier alpha value is -4.13. The summed E-state index contributed by atoms with van der Waals surface area (Å²) in [6, 6.07) is 11.6. The number of nitrogens with one attached hydrogen (secondary N) is 1. The molecule has 0 unspecified atom stereocenters. The number of carbonyl (C=O) groups excluding carboxylic acids is 1. The van der Waals surface area contributed by atoms with Gasteiger partial charge in [0.25, 0.3) is 0 Å². The number of ether oxygens (including phenoxy) is 2. The molecule has 3 aliphatic rings. The van der Waals surface area contributed by atoms with Gasteiger partial charge in [0.1, 0.15) is 0 Å². The fraction of sp³-hybridized carbons (Fsp3) is 0.400. The molecule has 2 fully saturated rings. The number of amides is 1. The highest BCUT2D eigenvalue weighted by Gasteiger charge is 2.35. The van der Waals surface area contributed by atoms with Crippen LogP contribution in [-0.4, -0.2) is 56.5 Å². The lowest BCUT2D eigenvalue weighted by molar-refractivity contribution is -0.133. The number of benzene rings is 1. The van der Waals surface area contributed by atoms with Gasteiger partial charge in [0.2, 0.25) is 18.6 Å². The second kappa shape index (κ2) is 8.91. The molecule has 178 valence electrons. The number of rotatable bonds is 6. The number of nitriles is 1. The van der Waals surface area contributed by atoms with E-state index in [0.717, 1.165) is 43.5 Å². The minimum atomic E-state index is 0.0989. The van der Waals surface area contributed by atoms with Gasteiger partial charge in [0, 0.05) is 42.9 Å². The molecule has 0 bridgehead atoms. The van der Waals surface area contributed by atoms with Gasteiger partial charge in [-0.15, -0.1) is 0 Å². The van der Waals surface area contributed by atoms with E-state index in [4.69, 9.17) is 14.5 Å². The number of carbonyl (C=O) groups is 1. The predicted molar refractivity (Wildman–Crippen MR) is 126 cm³/mol. The van der Waals surface area contributed by atoms with Crippen molar-refractivity contribution in [3.8, 4) is 34.6 Å². The number of piperidine rings is 1. The van der Waals surface area contributed by atoms with Crippen LogP contribution in [0.5, 0.6) is 11.5 Å². The van der Waals surface area contributed by atoms with Crippen molar-refractivity contribution in [1.29, 1.82) is 5.26 Å². The van der Waals surface area contributed by atoms with Gasteiger partial charge in [-0.3, -0.25) is 4.79 Å². The Balaban J connectivity index is 1.27. The molecule has 2 aromatic heterocycles. The summed E-state index contributed by atoms with van der Waals surface area (Å²) in [5.41, 5.74) is 2.31. The highest BCUT2D eigenvalue weighted by Crippen LogP contribution is 2.36. The summed E-state index contributed by atoms with van der Waals surface area (Å²) >= 11 is 0. The average molecular weight is 472 g/mol. The molecular formula is C25H25N7O3. The van der Waals surface area contributed by atoms with Crippen LogP contribution < -0.4 is 14.8 Å². The Labute approximate surface area is 202 Å². The summed E-state index contributed by atoms with van der Waals surface area (Å²) < 4.78 is 12.7. The molecule has 1 N–H and O–H groups in total. The zero-order chi connectivity index (χ0) is 23.8. The number of hydrogen-bond acceptors (Lipinski definition) is 8. The van der Waals surface area contributed by atoms with Crippen molar-refractivity contribution in [1.82, 2.24) is 24.6 Å². The van der Waals surface area contributed by atoms with Crippen molar-refractivity contribution >= 4 is 11.9 Å². The van der Waals surface area contributed by atoms with Gasteiger partial charge < -0.3 is 19.7 Å². The summed E-state index contributed by atoms with van der Waals surface area (Å²) in [5, 5.41) is 17.3. The van der Waals surface area contributed by atoms with E-state index in [0.29, 0.717) is 35.5 Å². The van der Waals surface area contributed by atoms with Crippen molar-refractivity contribution in [3.63, 3.8) is 0 Å². The first kappa shape index (κ1) is 21.4. The molecule has 6 rings (SSSR count). The van der Waals surface area contributed by atoms with Crippen molar-refractivity contribution in [2.45, 2.75) is 38.1 Å². The lowest BCUT2D eigenvalue weighted by atomic mass is 10.1. The van der Waals surface area contributed by atoms with Gasteiger partial charge in [-0.25, -0.2) is 9.67 Å². The third kappa shape index (κ3) is 4.37. The normalized spacial score (nSPS) is 18.8. The molecule has 1 saturated carbocycles.